The molecule has 1 saturated heterocycles. The molecule has 2 aromatic carbocycles. The van der Waals surface area contributed by atoms with Crippen molar-refractivity contribution in [2.75, 3.05) is 59.9 Å². The molecule has 0 aliphatic carbocycles. The fourth-order valence-corrected chi connectivity index (χ4v) is 5.12. The van der Waals surface area contributed by atoms with Gasteiger partial charge in [0, 0.05) is 56.0 Å². The number of anilines is 5. The average molecular weight is 489 g/mol. The van der Waals surface area contributed by atoms with E-state index in [9.17, 15) is 0 Å². The molecular formula is C29H40N6O. The average Bonchev–Trinajstić information content (AvgIpc) is 2.87. The monoisotopic (exact) mass is 488 g/mol. The van der Waals surface area contributed by atoms with E-state index in [-0.39, 0.29) is 5.54 Å². The SMILES string of the molecule is CCN(CC)c1cc(C)c(Nc2ccnc(N3CCN(c4ccc(OC)cc4)C(C)(C)C3)n2)cc1C. The molecule has 2 heterocycles. The van der Waals surface area contributed by atoms with Crippen molar-refractivity contribution < 1.29 is 4.74 Å². The van der Waals surface area contributed by atoms with Gasteiger partial charge in [-0.1, -0.05) is 0 Å². The van der Waals surface area contributed by atoms with Crippen molar-refractivity contribution in [2.45, 2.75) is 47.1 Å². The van der Waals surface area contributed by atoms with Crippen molar-refractivity contribution in [3.8, 4) is 5.75 Å². The van der Waals surface area contributed by atoms with Crippen LogP contribution in [0.4, 0.5) is 28.8 Å². The lowest BCUT2D eigenvalue weighted by molar-refractivity contribution is 0.408. The Morgan fingerprint density at radius 1 is 1.00 bits per heavy atom. The van der Waals surface area contributed by atoms with Crippen molar-refractivity contribution in [3.63, 3.8) is 0 Å². The zero-order valence-electron chi connectivity index (χ0n) is 22.8. The van der Waals surface area contributed by atoms with Crippen LogP contribution < -0.4 is 24.8 Å². The minimum Gasteiger partial charge on any atom is -0.497 e. The van der Waals surface area contributed by atoms with E-state index in [1.165, 1.54) is 22.5 Å². The highest BCUT2D eigenvalue weighted by Crippen LogP contribution is 2.32. The first-order chi connectivity index (χ1) is 17.2. The zero-order chi connectivity index (χ0) is 25.9. The largest absolute Gasteiger partial charge is 0.497 e. The summed E-state index contributed by atoms with van der Waals surface area (Å²) in [5.74, 6) is 2.45. The summed E-state index contributed by atoms with van der Waals surface area (Å²) in [5.41, 5.74) is 5.97. The molecule has 1 aliphatic heterocycles. The number of hydrogen-bond acceptors (Lipinski definition) is 7. The number of piperazine rings is 1. The van der Waals surface area contributed by atoms with Crippen LogP contribution >= 0.6 is 0 Å². The Morgan fingerprint density at radius 2 is 1.72 bits per heavy atom. The van der Waals surface area contributed by atoms with E-state index in [1.54, 1.807) is 7.11 Å². The highest BCUT2D eigenvalue weighted by molar-refractivity contribution is 5.69. The molecule has 0 unspecified atom stereocenters. The number of aromatic nitrogens is 2. The third-order valence-electron chi connectivity index (χ3n) is 7.12. The van der Waals surface area contributed by atoms with Crippen LogP contribution in [0, 0.1) is 13.8 Å². The van der Waals surface area contributed by atoms with Gasteiger partial charge in [0.1, 0.15) is 11.6 Å². The number of rotatable bonds is 8. The summed E-state index contributed by atoms with van der Waals surface area (Å²) in [6, 6.07) is 14.7. The first-order valence-corrected chi connectivity index (χ1v) is 12.9. The van der Waals surface area contributed by atoms with Gasteiger partial charge in [0.15, 0.2) is 0 Å². The van der Waals surface area contributed by atoms with E-state index < -0.39 is 0 Å². The van der Waals surface area contributed by atoms with Gasteiger partial charge in [-0.25, -0.2) is 4.98 Å². The summed E-state index contributed by atoms with van der Waals surface area (Å²) in [4.78, 5) is 16.6. The molecule has 1 N–H and O–H groups in total. The predicted octanol–water partition coefficient (Wildman–Crippen LogP) is 5.80. The van der Waals surface area contributed by atoms with Gasteiger partial charge in [-0.2, -0.15) is 4.98 Å². The van der Waals surface area contributed by atoms with Gasteiger partial charge >= 0.3 is 0 Å². The quantitative estimate of drug-likeness (QED) is 0.430. The fraction of sp³-hybridized carbons (Fsp3) is 0.448. The molecule has 0 radical (unpaired) electrons. The second-order valence-electron chi connectivity index (χ2n) is 10.1. The molecule has 3 aromatic rings. The van der Waals surface area contributed by atoms with E-state index in [1.807, 2.05) is 24.4 Å². The van der Waals surface area contributed by atoms with E-state index in [2.05, 4.69) is 90.8 Å². The Labute approximate surface area is 216 Å². The molecule has 1 aliphatic rings. The van der Waals surface area contributed by atoms with Crippen molar-refractivity contribution >= 4 is 28.8 Å². The van der Waals surface area contributed by atoms with Gasteiger partial charge in [-0.3, -0.25) is 0 Å². The van der Waals surface area contributed by atoms with E-state index in [4.69, 9.17) is 9.72 Å². The summed E-state index contributed by atoms with van der Waals surface area (Å²) < 4.78 is 5.33. The highest BCUT2D eigenvalue weighted by Gasteiger charge is 2.35. The van der Waals surface area contributed by atoms with Gasteiger partial charge in [0.05, 0.1) is 12.6 Å². The molecule has 36 heavy (non-hydrogen) atoms. The number of nitrogens with one attached hydrogen (secondary N) is 1. The van der Waals surface area contributed by atoms with Crippen LogP contribution in [-0.4, -0.2) is 55.3 Å². The normalized spacial score (nSPS) is 15.1. The molecule has 1 fully saturated rings. The lowest BCUT2D eigenvalue weighted by Gasteiger charge is -2.48. The summed E-state index contributed by atoms with van der Waals surface area (Å²) in [6.07, 6.45) is 1.85. The van der Waals surface area contributed by atoms with Crippen LogP contribution in [-0.2, 0) is 0 Å². The van der Waals surface area contributed by atoms with Crippen LogP contribution in [0.1, 0.15) is 38.8 Å². The first-order valence-electron chi connectivity index (χ1n) is 12.9. The molecule has 192 valence electrons. The minimum absolute atomic E-state index is 0.0758. The van der Waals surface area contributed by atoms with Crippen LogP contribution in [0.2, 0.25) is 0 Å². The standard InChI is InChI=1S/C29H40N6O/c1-8-33(9-2)26-19-21(3)25(18-22(26)4)31-27-14-15-30-28(32-27)34-16-17-35(29(5,6)20-34)23-10-12-24(36-7)13-11-23/h10-15,18-19H,8-9,16-17,20H2,1-7H3,(H,30,31,32). The summed E-state index contributed by atoms with van der Waals surface area (Å²) in [5, 5.41) is 3.54. The number of aryl methyl sites for hydroxylation is 2. The maximum atomic E-state index is 5.33. The first kappa shape index (κ1) is 25.6. The fourth-order valence-electron chi connectivity index (χ4n) is 5.12. The van der Waals surface area contributed by atoms with Crippen molar-refractivity contribution in [3.05, 3.63) is 59.8 Å². The van der Waals surface area contributed by atoms with E-state index in [0.717, 1.165) is 55.9 Å². The lowest BCUT2D eigenvalue weighted by Crippen LogP contribution is -2.60. The molecule has 1 aromatic heterocycles. The molecular weight excluding hydrogens is 448 g/mol. The van der Waals surface area contributed by atoms with Gasteiger partial charge in [-0.05, 0) is 95.1 Å². The second-order valence-corrected chi connectivity index (χ2v) is 10.1. The molecule has 7 nitrogen and oxygen atoms in total. The highest BCUT2D eigenvalue weighted by atomic mass is 16.5. The number of nitrogens with zero attached hydrogens (tertiary/aromatic N) is 5. The van der Waals surface area contributed by atoms with Crippen molar-refractivity contribution in [1.29, 1.82) is 0 Å². The van der Waals surface area contributed by atoms with Crippen LogP contribution in [0.25, 0.3) is 0 Å². The van der Waals surface area contributed by atoms with Gasteiger partial charge in [0.25, 0.3) is 0 Å². The topological polar surface area (TPSA) is 56.8 Å². The predicted molar refractivity (Wildman–Crippen MR) is 151 cm³/mol. The van der Waals surface area contributed by atoms with Crippen LogP contribution in [0.15, 0.2) is 48.7 Å². The van der Waals surface area contributed by atoms with E-state index in [0.29, 0.717) is 0 Å². The van der Waals surface area contributed by atoms with Gasteiger partial charge in [0.2, 0.25) is 5.95 Å². The molecule has 0 saturated carbocycles. The summed E-state index contributed by atoms with van der Waals surface area (Å²) in [6.45, 7) is 17.9. The number of methoxy groups -OCH3 is 1. The van der Waals surface area contributed by atoms with E-state index >= 15 is 0 Å². The van der Waals surface area contributed by atoms with Crippen molar-refractivity contribution in [1.82, 2.24) is 9.97 Å². The maximum Gasteiger partial charge on any atom is 0.227 e. The Hall–Kier alpha value is -3.48. The molecule has 0 atom stereocenters. The minimum atomic E-state index is -0.0758. The van der Waals surface area contributed by atoms with Crippen molar-refractivity contribution in [2.24, 2.45) is 0 Å². The zero-order valence-corrected chi connectivity index (χ0v) is 22.8. The Bertz CT molecular complexity index is 1170. The third kappa shape index (κ3) is 5.35. The smallest absolute Gasteiger partial charge is 0.227 e. The number of ether oxygens (including phenoxy) is 1. The van der Waals surface area contributed by atoms with Crippen LogP contribution in [0.3, 0.4) is 0 Å². The maximum absolute atomic E-state index is 5.33. The van der Waals surface area contributed by atoms with Gasteiger partial charge < -0.3 is 24.8 Å². The Balaban J connectivity index is 1.50. The molecule has 0 amide bonds. The summed E-state index contributed by atoms with van der Waals surface area (Å²) in [7, 11) is 1.70. The molecule has 0 spiro atoms. The molecule has 0 bridgehead atoms. The molecule has 4 rings (SSSR count). The van der Waals surface area contributed by atoms with Crippen LogP contribution in [0.5, 0.6) is 5.75 Å². The Morgan fingerprint density at radius 3 is 2.36 bits per heavy atom. The second kappa shape index (κ2) is 10.6. The Kier molecular flexibility index (Phi) is 7.57. The summed E-state index contributed by atoms with van der Waals surface area (Å²) >= 11 is 0. The third-order valence-corrected chi connectivity index (χ3v) is 7.12. The number of hydrogen-bond donors (Lipinski definition) is 1. The lowest BCUT2D eigenvalue weighted by atomic mass is 9.98. The van der Waals surface area contributed by atoms with Gasteiger partial charge in [-0.15, -0.1) is 0 Å². The number of benzene rings is 2. The molecule has 7 heteroatoms.